The first kappa shape index (κ1) is 16.9. The van der Waals surface area contributed by atoms with Crippen LogP contribution in [0.5, 0.6) is 5.75 Å². The van der Waals surface area contributed by atoms with Crippen molar-refractivity contribution < 1.29 is 13.5 Å². The summed E-state index contributed by atoms with van der Waals surface area (Å²) in [7, 11) is 0. The van der Waals surface area contributed by atoms with Gasteiger partial charge in [-0.3, -0.25) is 0 Å². The first-order valence-electron chi connectivity index (χ1n) is 8.23. The van der Waals surface area contributed by atoms with Gasteiger partial charge in [-0.05, 0) is 6.07 Å². The van der Waals surface area contributed by atoms with E-state index in [0.717, 1.165) is 11.3 Å². The number of aromatic nitrogens is 4. The lowest BCUT2D eigenvalue weighted by Gasteiger charge is -2.13. The van der Waals surface area contributed by atoms with Crippen LogP contribution in [-0.2, 0) is 6.54 Å². The van der Waals surface area contributed by atoms with Crippen molar-refractivity contribution in [1.82, 2.24) is 19.6 Å². The SMILES string of the molecule is FC(F)Oc1ccccc1CNc1cc(-c2ccccc2)nc2ncnn12. The first-order chi connectivity index (χ1) is 13.2. The number of ether oxygens (including phenoxy) is 1. The molecule has 0 spiro atoms. The fraction of sp³-hybridized carbons (Fsp3) is 0.105. The summed E-state index contributed by atoms with van der Waals surface area (Å²) in [6.07, 6.45) is 1.41. The molecule has 0 bridgehead atoms. The van der Waals surface area contributed by atoms with E-state index in [0.29, 0.717) is 17.2 Å². The van der Waals surface area contributed by atoms with Gasteiger partial charge in [0.05, 0.1) is 5.69 Å². The molecule has 0 aliphatic carbocycles. The Morgan fingerprint density at radius 2 is 1.81 bits per heavy atom. The van der Waals surface area contributed by atoms with Crippen molar-refractivity contribution in [3.05, 3.63) is 72.6 Å². The lowest BCUT2D eigenvalue weighted by atomic mass is 10.1. The van der Waals surface area contributed by atoms with E-state index in [9.17, 15) is 8.78 Å². The van der Waals surface area contributed by atoms with Crippen molar-refractivity contribution in [3.63, 3.8) is 0 Å². The molecule has 2 heterocycles. The van der Waals surface area contributed by atoms with Crippen LogP contribution in [0.3, 0.4) is 0 Å². The molecule has 1 N–H and O–H groups in total. The second-order valence-corrected chi connectivity index (χ2v) is 5.70. The lowest BCUT2D eigenvalue weighted by molar-refractivity contribution is -0.0504. The van der Waals surface area contributed by atoms with E-state index >= 15 is 0 Å². The number of alkyl halides is 2. The standard InChI is InChI=1S/C19H15F2N5O/c20-18(21)27-16-9-5-4-8-14(16)11-22-17-10-15(13-6-2-1-3-7-13)25-19-23-12-24-26(17)19/h1-10,12,18,22H,11H2. The maximum absolute atomic E-state index is 12.6. The molecule has 2 aromatic carbocycles. The number of fused-ring (bicyclic) bond motifs is 1. The van der Waals surface area contributed by atoms with Crippen LogP contribution in [0.2, 0.25) is 0 Å². The van der Waals surface area contributed by atoms with Crippen molar-refractivity contribution in [2.45, 2.75) is 13.2 Å². The predicted octanol–water partition coefficient (Wildman–Crippen LogP) is 4.00. The van der Waals surface area contributed by atoms with Crippen molar-refractivity contribution in [2.75, 3.05) is 5.32 Å². The third kappa shape index (κ3) is 3.69. The molecule has 0 aliphatic heterocycles. The fourth-order valence-corrected chi connectivity index (χ4v) is 2.74. The van der Waals surface area contributed by atoms with Gasteiger partial charge in [-0.2, -0.15) is 23.4 Å². The maximum atomic E-state index is 12.6. The van der Waals surface area contributed by atoms with Crippen LogP contribution >= 0.6 is 0 Å². The molecule has 4 rings (SSSR count). The Labute approximate surface area is 153 Å². The van der Waals surface area contributed by atoms with Gasteiger partial charge in [-0.1, -0.05) is 48.5 Å². The lowest BCUT2D eigenvalue weighted by Crippen LogP contribution is -2.09. The summed E-state index contributed by atoms with van der Waals surface area (Å²) in [6.45, 7) is -2.60. The number of hydrogen-bond donors (Lipinski definition) is 1. The van der Waals surface area contributed by atoms with E-state index in [2.05, 4.69) is 25.1 Å². The highest BCUT2D eigenvalue weighted by atomic mass is 19.3. The molecule has 0 amide bonds. The number of nitrogens with one attached hydrogen (secondary N) is 1. The molecular weight excluding hydrogens is 352 g/mol. The first-order valence-corrected chi connectivity index (χ1v) is 8.23. The molecule has 0 unspecified atom stereocenters. The second kappa shape index (κ2) is 7.36. The summed E-state index contributed by atoms with van der Waals surface area (Å²) in [4.78, 5) is 8.66. The zero-order valence-corrected chi connectivity index (χ0v) is 14.1. The molecule has 27 heavy (non-hydrogen) atoms. The van der Waals surface area contributed by atoms with Gasteiger partial charge in [-0.15, -0.1) is 0 Å². The normalized spacial score (nSPS) is 11.1. The molecule has 2 aromatic heterocycles. The highest BCUT2D eigenvalue weighted by molar-refractivity contribution is 5.65. The largest absolute Gasteiger partial charge is 0.434 e. The van der Waals surface area contributed by atoms with E-state index < -0.39 is 6.61 Å². The molecule has 0 saturated heterocycles. The van der Waals surface area contributed by atoms with Crippen LogP contribution in [0, 0.1) is 0 Å². The van der Waals surface area contributed by atoms with Gasteiger partial charge in [0.2, 0.25) is 0 Å². The van der Waals surface area contributed by atoms with E-state index in [1.54, 1.807) is 22.7 Å². The van der Waals surface area contributed by atoms with Crippen molar-refractivity contribution in [3.8, 4) is 17.0 Å². The molecule has 136 valence electrons. The molecule has 8 heteroatoms. The average molecular weight is 367 g/mol. The van der Waals surface area contributed by atoms with Crippen LogP contribution in [-0.4, -0.2) is 26.2 Å². The third-order valence-corrected chi connectivity index (χ3v) is 3.97. The summed E-state index contributed by atoms with van der Waals surface area (Å²) in [5, 5.41) is 7.38. The third-order valence-electron chi connectivity index (χ3n) is 3.97. The van der Waals surface area contributed by atoms with Gasteiger partial charge >= 0.3 is 6.61 Å². The minimum atomic E-state index is -2.88. The van der Waals surface area contributed by atoms with Crippen molar-refractivity contribution in [1.29, 1.82) is 0 Å². The van der Waals surface area contributed by atoms with Crippen LogP contribution in [0.15, 0.2) is 67.0 Å². The van der Waals surface area contributed by atoms with Crippen molar-refractivity contribution >= 4 is 11.6 Å². The smallest absolute Gasteiger partial charge is 0.387 e. The highest BCUT2D eigenvalue weighted by Gasteiger charge is 2.12. The average Bonchev–Trinajstić information content (AvgIpc) is 3.16. The minimum Gasteiger partial charge on any atom is -0.434 e. The van der Waals surface area contributed by atoms with E-state index in [1.165, 1.54) is 12.4 Å². The number of para-hydroxylation sites is 1. The fourth-order valence-electron chi connectivity index (χ4n) is 2.74. The minimum absolute atomic E-state index is 0.132. The van der Waals surface area contributed by atoms with Gasteiger partial charge in [0.1, 0.15) is 17.9 Å². The topological polar surface area (TPSA) is 64.3 Å². The molecular formula is C19H15F2N5O. The summed E-state index contributed by atoms with van der Waals surface area (Å²) < 4.78 is 31.3. The van der Waals surface area contributed by atoms with Crippen molar-refractivity contribution in [2.24, 2.45) is 0 Å². The molecule has 6 nitrogen and oxygen atoms in total. The summed E-state index contributed by atoms with van der Waals surface area (Å²) in [6, 6.07) is 18.2. The van der Waals surface area contributed by atoms with Gasteiger partial charge in [0.15, 0.2) is 0 Å². The Balaban J connectivity index is 1.66. The predicted molar refractivity (Wildman–Crippen MR) is 96.6 cm³/mol. The summed E-state index contributed by atoms with van der Waals surface area (Å²) in [5.74, 6) is 1.21. The van der Waals surface area contributed by atoms with Gasteiger partial charge in [0.25, 0.3) is 5.78 Å². The molecule has 0 atom stereocenters. The Hall–Kier alpha value is -3.55. The van der Waals surface area contributed by atoms with Gasteiger partial charge in [0, 0.05) is 23.7 Å². The number of nitrogens with zero attached hydrogens (tertiary/aromatic N) is 4. The number of anilines is 1. The van der Waals surface area contributed by atoms with Crippen LogP contribution in [0.1, 0.15) is 5.56 Å². The van der Waals surface area contributed by atoms with Gasteiger partial charge < -0.3 is 10.1 Å². The maximum Gasteiger partial charge on any atom is 0.387 e. The van der Waals surface area contributed by atoms with E-state index in [4.69, 9.17) is 0 Å². The number of benzene rings is 2. The Morgan fingerprint density at radius 3 is 2.63 bits per heavy atom. The Kier molecular flexibility index (Phi) is 4.61. The zero-order valence-electron chi connectivity index (χ0n) is 14.1. The molecule has 0 radical (unpaired) electrons. The Morgan fingerprint density at radius 1 is 1.04 bits per heavy atom. The summed E-state index contributed by atoms with van der Waals surface area (Å²) in [5.41, 5.74) is 2.27. The second-order valence-electron chi connectivity index (χ2n) is 5.70. The number of rotatable bonds is 6. The van der Waals surface area contributed by atoms with Crippen LogP contribution < -0.4 is 10.1 Å². The Bertz CT molecular complexity index is 1050. The zero-order chi connectivity index (χ0) is 18.6. The molecule has 0 aliphatic rings. The van der Waals surface area contributed by atoms with Crippen LogP contribution in [0.25, 0.3) is 17.0 Å². The molecule has 0 saturated carbocycles. The van der Waals surface area contributed by atoms with Crippen LogP contribution in [0.4, 0.5) is 14.6 Å². The highest BCUT2D eigenvalue weighted by Crippen LogP contribution is 2.24. The van der Waals surface area contributed by atoms with E-state index in [1.807, 2.05) is 36.4 Å². The molecule has 4 aromatic rings. The number of halogens is 2. The quantitative estimate of drug-likeness (QED) is 0.558. The number of hydrogen-bond acceptors (Lipinski definition) is 5. The summed E-state index contributed by atoms with van der Waals surface area (Å²) >= 11 is 0. The van der Waals surface area contributed by atoms with Gasteiger partial charge in [-0.25, -0.2) is 4.98 Å². The molecule has 0 fully saturated rings. The monoisotopic (exact) mass is 367 g/mol. The van der Waals surface area contributed by atoms with E-state index in [-0.39, 0.29) is 12.3 Å².